The number of anilines is 1. The predicted molar refractivity (Wildman–Crippen MR) is 96.1 cm³/mol. The molecule has 1 aromatic carbocycles. The van der Waals surface area contributed by atoms with Crippen LogP contribution in [0.2, 0.25) is 10.0 Å². The molecule has 5 nitrogen and oxygen atoms in total. The first-order valence-electron chi connectivity index (χ1n) is 8.69. The van der Waals surface area contributed by atoms with Crippen LogP contribution in [0.1, 0.15) is 19.3 Å². The van der Waals surface area contributed by atoms with Gasteiger partial charge in [-0.2, -0.15) is 0 Å². The zero-order chi connectivity index (χ0) is 17.7. The number of carbonyl (C=O) groups excluding carboxylic acids is 1. The molecule has 1 aromatic rings. The lowest BCUT2D eigenvalue weighted by Gasteiger charge is -2.42. The normalized spacial score (nSPS) is 28.8. The molecular formula is C18H20Cl2N2O3. The molecule has 3 unspecified atom stereocenters. The van der Waals surface area contributed by atoms with Crippen molar-refractivity contribution in [3.63, 3.8) is 0 Å². The van der Waals surface area contributed by atoms with E-state index in [9.17, 15) is 14.7 Å². The summed E-state index contributed by atoms with van der Waals surface area (Å²) in [5.74, 6) is -0.564. The molecule has 1 amide bonds. The Morgan fingerprint density at radius 2 is 1.88 bits per heavy atom. The summed E-state index contributed by atoms with van der Waals surface area (Å²) >= 11 is 12.1. The average Bonchev–Trinajstić information content (AvgIpc) is 3.07. The SMILES string of the molecule is O=C(O)C1C2CCCC2CN1C(=O)C1CN(c2ccc(Cl)cc2Cl)C1. The molecule has 25 heavy (non-hydrogen) atoms. The van der Waals surface area contributed by atoms with Gasteiger partial charge in [-0.25, -0.2) is 4.79 Å². The van der Waals surface area contributed by atoms with Gasteiger partial charge in [-0.3, -0.25) is 4.79 Å². The second-order valence-corrected chi connectivity index (χ2v) is 8.17. The van der Waals surface area contributed by atoms with E-state index >= 15 is 0 Å². The Morgan fingerprint density at radius 3 is 2.56 bits per heavy atom. The van der Waals surface area contributed by atoms with Gasteiger partial charge in [0.25, 0.3) is 0 Å². The van der Waals surface area contributed by atoms with Crippen LogP contribution >= 0.6 is 23.2 Å². The first-order valence-corrected chi connectivity index (χ1v) is 9.44. The Balaban J connectivity index is 1.44. The Hall–Kier alpha value is -1.46. The quantitative estimate of drug-likeness (QED) is 0.871. The first-order chi connectivity index (χ1) is 12.0. The average molecular weight is 383 g/mol. The van der Waals surface area contributed by atoms with Crippen LogP contribution in [0.5, 0.6) is 0 Å². The van der Waals surface area contributed by atoms with E-state index in [-0.39, 0.29) is 17.7 Å². The number of fused-ring (bicyclic) bond motifs is 1. The number of rotatable bonds is 3. The summed E-state index contributed by atoms with van der Waals surface area (Å²) in [5, 5.41) is 10.8. The first kappa shape index (κ1) is 17.0. The van der Waals surface area contributed by atoms with Crippen LogP contribution in [0.25, 0.3) is 0 Å². The molecule has 2 saturated heterocycles. The highest BCUT2D eigenvalue weighted by molar-refractivity contribution is 6.36. The zero-order valence-corrected chi connectivity index (χ0v) is 15.2. The summed E-state index contributed by atoms with van der Waals surface area (Å²) in [6, 6.07) is 4.68. The number of amides is 1. The molecule has 0 bridgehead atoms. The van der Waals surface area contributed by atoms with Crippen LogP contribution in [-0.4, -0.2) is 47.6 Å². The molecule has 2 aliphatic heterocycles. The molecule has 4 rings (SSSR count). The molecule has 1 saturated carbocycles. The summed E-state index contributed by atoms with van der Waals surface area (Å²) in [4.78, 5) is 28.3. The number of carbonyl (C=O) groups is 2. The fraction of sp³-hybridized carbons (Fsp3) is 0.556. The molecule has 7 heteroatoms. The standard InChI is InChI=1S/C18H20Cl2N2O3/c19-12-4-5-15(14(20)6-12)21-7-11(8-21)17(23)22-9-10-2-1-3-13(10)16(22)18(24)25/h4-6,10-11,13,16H,1-3,7-9H2,(H,24,25). The molecule has 0 spiro atoms. The largest absolute Gasteiger partial charge is 0.480 e. The minimum Gasteiger partial charge on any atom is -0.480 e. The number of carboxylic acid groups (broad SMARTS) is 1. The molecule has 1 aliphatic carbocycles. The number of aliphatic carboxylic acids is 1. The number of hydrogen-bond donors (Lipinski definition) is 1. The van der Waals surface area contributed by atoms with Gasteiger partial charge < -0.3 is 14.9 Å². The molecule has 3 atom stereocenters. The third-order valence-corrected chi connectivity index (χ3v) is 6.45. The maximum absolute atomic E-state index is 12.9. The van der Waals surface area contributed by atoms with E-state index in [0.29, 0.717) is 35.6 Å². The van der Waals surface area contributed by atoms with E-state index in [1.165, 1.54) is 0 Å². The smallest absolute Gasteiger partial charge is 0.326 e. The summed E-state index contributed by atoms with van der Waals surface area (Å²) in [6.45, 7) is 1.73. The fourth-order valence-corrected chi connectivity index (χ4v) is 5.18. The van der Waals surface area contributed by atoms with Crippen LogP contribution in [-0.2, 0) is 9.59 Å². The number of halogens is 2. The number of benzene rings is 1. The van der Waals surface area contributed by atoms with Crippen molar-refractivity contribution < 1.29 is 14.7 Å². The third kappa shape index (κ3) is 2.87. The highest BCUT2D eigenvalue weighted by Gasteiger charge is 2.51. The Morgan fingerprint density at radius 1 is 1.12 bits per heavy atom. The topological polar surface area (TPSA) is 60.9 Å². The third-order valence-electron chi connectivity index (χ3n) is 5.91. The lowest BCUT2D eigenvalue weighted by atomic mass is 9.93. The van der Waals surface area contributed by atoms with E-state index in [0.717, 1.165) is 24.9 Å². The van der Waals surface area contributed by atoms with Gasteiger partial charge in [0.1, 0.15) is 6.04 Å². The Bertz CT molecular complexity index is 720. The molecule has 0 aromatic heterocycles. The Kier molecular flexibility index (Phi) is 4.32. The van der Waals surface area contributed by atoms with E-state index < -0.39 is 12.0 Å². The van der Waals surface area contributed by atoms with Gasteiger partial charge in [0.05, 0.1) is 16.6 Å². The van der Waals surface area contributed by atoms with E-state index in [1.54, 1.807) is 17.0 Å². The highest BCUT2D eigenvalue weighted by atomic mass is 35.5. The van der Waals surface area contributed by atoms with Crippen molar-refractivity contribution in [2.24, 2.45) is 17.8 Å². The van der Waals surface area contributed by atoms with E-state index in [2.05, 4.69) is 0 Å². The monoisotopic (exact) mass is 382 g/mol. The second kappa shape index (κ2) is 6.36. The van der Waals surface area contributed by atoms with Crippen molar-refractivity contribution in [2.75, 3.05) is 24.5 Å². The minimum absolute atomic E-state index is 0.0249. The fourth-order valence-electron chi connectivity index (χ4n) is 4.65. The summed E-state index contributed by atoms with van der Waals surface area (Å²) < 4.78 is 0. The van der Waals surface area contributed by atoms with E-state index in [4.69, 9.17) is 23.2 Å². The van der Waals surface area contributed by atoms with E-state index in [1.807, 2.05) is 11.0 Å². The van der Waals surface area contributed by atoms with Gasteiger partial charge in [0, 0.05) is 24.7 Å². The summed E-state index contributed by atoms with van der Waals surface area (Å²) in [5.41, 5.74) is 0.864. The molecular weight excluding hydrogens is 363 g/mol. The number of nitrogens with zero attached hydrogens (tertiary/aromatic N) is 2. The van der Waals surface area contributed by atoms with Crippen molar-refractivity contribution in [3.05, 3.63) is 28.2 Å². The predicted octanol–water partition coefficient (Wildman–Crippen LogP) is 3.14. The zero-order valence-electron chi connectivity index (χ0n) is 13.7. The number of carboxylic acids is 1. The van der Waals surface area contributed by atoms with Crippen LogP contribution < -0.4 is 4.90 Å². The highest BCUT2D eigenvalue weighted by Crippen LogP contribution is 2.43. The van der Waals surface area contributed by atoms with Crippen LogP contribution in [0.15, 0.2) is 18.2 Å². The molecule has 1 N–H and O–H groups in total. The maximum atomic E-state index is 12.9. The lowest BCUT2D eigenvalue weighted by Crippen LogP contribution is -2.57. The van der Waals surface area contributed by atoms with Gasteiger partial charge in [0.2, 0.25) is 5.91 Å². The summed E-state index contributed by atoms with van der Waals surface area (Å²) in [6.07, 6.45) is 3.03. The van der Waals surface area contributed by atoms with Crippen molar-refractivity contribution in [1.82, 2.24) is 4.90 Å². The molecule has 3 fully saturated rings. The van der Waals surface area contributed by atoms with Crippen molar-refractivity contribution >= 4 is 40.8 Å². The van der Waals surface area contributed by atoms with Gasteiger partial charge >= 0.3 is 5.97 Å². The van der Waals surface area contributed by atoms with Crippen molar-refractivity contribution in [1.29, 1.82) is 0 Å². The van der Waals surface area contributed by atoms with Crippen molar-refractivity contribution in [2.45, 2.75) is 25.3 Å². The molecule has 3 aliphatic rings. The van der Waals surface area contributed by atoms with Gasteiger partial charge in [-0.05, 0) is 42.9 Å². The van der Waals surface area contributed by atoms with Gasteiger partial charge in [-0.1, -0.05) is 29.6 Å². The molecule has 134 valence electrons. The minimum atomic E-state index is -0.861. The lowest BCUT2D eigenvalue weighted by molar-refractivity contribution is -0.151. The van der Waals surface area contributed by atoms with Gasteiger partial charge in [0.15, 0.2) is 0 Å². The second-order valence-electron chi connectivity index (χ2n) is 7.33. The molecule has 0 radical (unpaired) electrons. The van der Waals surface area contributed by atoms with Crippen LogP contribution in [0, 0.1) is 17.8 Å². The maximum Gasteiger partial charge on any atom is 0.326 e. The van der Waals surface area contributed by atoms with Gasteiger partial charge in [-0.15, -0.1) is 0 Å². The van der Waals surface area contributed by atoms with Crippen molar-refractivity contribution in [3.8, 4) is 0 Å². The summed E-state index contributed by atoms with van der Waals surface area (Å²) in [7, 11) is 0. The van der Waals surface area contributed by atoms with Crippen LogP contribution in [0.3, 0.4) is 0 Å². The number of likely N-dealkylation sites (tertiary alicyclic amines) is 1. The molecule has 2 heterocycles. The Labute approximate surface area is 156 Å². The van der Waals surface area contributed by atoms with Crippen LogP contribution in [0.4, 0.5) is 5.69 Å². The number of hydrogen-bond acceptors (Lipinski definition) is 3.